The van der Waals surface area contributed by atoms with Crippen molar-refractivity contribution in [2.24, 2.45) is 0 Å². The van der Waals surface area contributed by atoms with Crippen LogP contribution in [0, 0.1) is 11.3 Å². The zero-order chi connectivity index (χ0) is 20.7. The quantitative estimate of drug-likeness (QED) is 0.619. The molecule has 0 aliphatic heterocycles. The van der Waals surface area contributed by atoms with Crippen LogP contribution in [-0.4, -0.2) is 20.5 Å². The van der Waals surface area contributed by atoms with Gasteiger partial charge in [0, 0.05) is 10.9 Å². The predicted octanol–water partition coefficient (Wildman–Crippen LogP) is 4.67. The molecule has 0 aromatic carbocycles. The fourth-order valence-corrected chi connectivity index (χ4v) is 4.57. The minimum Gasteiger partial charge on any atom is -0.311 e. The number of halogens is 4. The predicted molar refractivity (Wildman–Crippen MR) is 96.5 cm³/mol. The number of hydrogen-bond acceptors (Lipinski definition) is 5. The summed E-state index contributed by atoms with van der Waals surface area (Å²) in [5, 5.41) is 16.2. The fraction of sp³-hybridized carbons (Fsp3) is 0.333. The SMILES string of the molecule is N#Cc1c(NC(=O)c2cc3nc(C(F)F)cc(C(F)F)n3n2)sc2c1CCCC2. The van der Waals surface area contributed by atoms with Crippen molar-refractivity contribution in [3.05, 3.63) is 45.2 Å². The van der Waals surface area contributed by atoms with Crippen LogP contribution in [0.15, 0.2) is 12.1 Å². The van der Waals surface area contributed by atoms with Crippen LogP contribution in [0.5, 0.6) is 0 Å². The number of nitriles is 1. The van der Waals surface area contributed by atoms with Gasteiger partial charge in [0.2, 0.25) is 0 Å². The Bertz CT molecular complexity index is 1150. The molecule has 0 radical (unpaired) electrons. The molecule has 0 atom stereocenters. The molecule has 1 N–H and O–H groups in total. The molecule has 1 aliphatic carbocycles. The summed E-state index contributed by atoms with van der Waals surface area (Å²) in [6, 6.07) is 3.74. The summed E-state index contributed by atoms with van der Waals surface area (Å²) in [6.45, 7) is 0. The number of nitrogens with one attached hydrogen (secondary N) is 1. The zero-order valence-corrected chi connectivity index (χ0v) is 15.6. The number of thiophene rings is 1. The highest BCUT2D eigenvalue weighted by Crippen LogP contribution is 2.37. The minimum absolute atomic E-state index is 0.263. The van der Waals surface area contributed by atoms with Gasteiger partial charge in [-0.25, -0.2) is 27.1 Å². The van der Waals surface area contributed by atoms with Crippen molar-refractivity contribution in [2.75, 3.05) is 5.32 Å². The van der Waals surface area contributed by atoms with Gasteiger partial charge in [0.15, 0.2) is 11.3 Å². The summed E-state index contributed by atoms with van der Waals surface area (Å²) in [7, 11) is 0. The van der Waals surface area contributed by atoms with Gasteiger partial charge in [0.05, 0.1) is 5.56 Å². The second-order valence-electron chi connectivity index (χ2n) is 6.49. The minimum atomic E-state index is -3.08. The Morgan fingerprint density at radius 1 is 1.21 bits per heavy atom. The fourth-order valence-electron chi connectivity index (χ4n) is 3.34. The highest BCUT2D eigenvalue weighted by atomic mass is 32.1. The number of amides is 1. The summed E-state index contributed by atoms with van der Waals surface area (Å²) in [5.74, 6) is -0.732. The van der Waals surface area contributed by atoms with Crippen LogP contribution in [0.2, 0.25) is 0 Å². The molecule has 0 bridgehead atoms. The molecule has 0 fully saturated rings. The van der Waals surface area contributed by atoms with Crippen LogP contribution in [0.25, 0.3) is 5.65 Å². The van der Waals surface area contributed by atoms with Gasteiger partial charge in [-0.1, -0.05) is 0 Å². The van der Waals surface area contributed by atoms with Gasteiger partial charge in [-0.3, -0.25) is 4.79 Å². The monoisotopic (exact) mass is 423 g/mol. The third kappa shape index (κ3) is 3.44. The highest BCUT2D eigenvalue weighted by molar-refractivity contribution is 7.16. The highest BCUT2D eigenvalue weighted by Gasteiger charge is 2.25. The molecule has 0 saturated heterocycles. The molecule has 150 valence electrons. The molecule has 4 rings (SSSR count). The molecule has 29 heavy (non-hydrogen) atoms. The average Bonchev–Trinajstić information content (AvgIpc) is 3.27. The standard InChI is InChI=1S/C18H13F4N5OS/c19-15(20)10-5-12(16(21)22)27-14(24-10)6-11(26-27)17(28)25-18-9(7-23)8-3-1-2-4-13(8)29-18/h5-6,15-16H,1-4H2,(H,25,28). The maximum atomic E-state index is 13.3. The van der Waals surface area contributed by atoms with E-state index in [0.717, 1.165) is 42.2 Å². The molecule has 11 heteroatoms. The maximum Gasteiger partial charge on any atom is 0.280 e. The number of aryl methyl sites for hydroxylation is 1. The van der Waals surface area contributed by atoms with E-state index in [1.165, 1.54) is 11.3 Å². The van der Waals surface area contributed by atoms with Crippen molar-refractivity contribution in [1.29, 1.82) is 5.26 Å². The molecular formula is C18H13F4N5OS. The number of fused-ring (bicyclic) bond motifs is 2. The molecule has 1 aliphatic rings. The maximum absolute atomic E-state index is 13.3. The second kappa shape index (κ2) is 7.44. The van der Waals surface area contributed by atoms with Gasteiger partial charge in [0.1, 0.15) is 22.5 Å². The Labute approximate surface area is 165 Å². The van der Waals surface area contributed by atoms with E-state index in [1.807, 2.05) is 0 Å². The number of alkyl halides is 4. The summed E-state index contributed by atoms with van der Waals surface area (Å²) in [4.78, 5) is 17.3. The van der Waals surface area contributed by atoms with Crippen molar-refractivity contribution in [3.63, 3.8) is 0 Å². The second-order valence-corrected chi connectivity index (χ2v) is 7.59. The first-order chi connectivity index (χ1) is 13.9. The van der Waals surface area contributed by atoms with Gasteiger partial charge in [-0.15, -0.1) is 11.3 Å². The van der Waals surface area contributed by atoms with Crippen LogP contribution < -0.4 is 5.32 Å². The van der Waals surface area contributed by atoms with Crippen LogP contribution in [0.3, 0.4) is 0 Å². The Balaban J connectivity index is 1.70. The van der Waals surface area contributed by atoms with Crippen molar-refractivity contribution >= 4 is 27.9 Å². The first kappa shape index (κ1) is 19.3. The number of hydrogen-bond donors (Lipinski definition) is 1. The van der Waals surface area contributed by atoms with Crippen LogP contribution in [0.1, 0.15) is 63.6 Å². The largest absolute Gasteiger partial charge is 0.311 e. The van der Waals surface area contributed by atoms with E-state index < -0.39 is 30.1 Å². The van der Waals surface area contributed by atoms with Crippen LogP contribution >= 0.6 is 11.3 Å². The molecule has 0 saturated carbocycles. The van der Waals surface area contributed by atoms with Crippen molar-refractivity contribution < 1.29 is 22.4 Å². The Kier molecular flexibility index (Phi) is 4.96. The third-order valence-corrected chi connectivity index (χ3v) is 5.87. The molecule has 6 nitrogen and oxygen atoms in total. The molecule has 1 amide bonds. The lowest BCUT2D eigenvalue weighted by atomic mass is 9.96. The van der Waals surface area contributed by atoms with Crippen molar-refractivity contribution in [3.8, 4) is 6.07 Å². The number of carbonyl (C=O) groups excluding carboxylic acids is 1. The first-order valence-corrected chi connectivity index (χ1v) is 9.53. The van der Waals surface area contributed by atoms with Gasteiger partial charge in [0.25, 0.3) is 18.8 Å². The summed E-state index contributed by atoms with van der Waals surface area (Å²) < 4.78 is 53.1. The van der Waals surface area contributed by atoms with E-state index in [9.17, 15) is 27.6 Å². The lowest BCUT2D eigenvalue weighted by molar-refractivity contribution is 0.102. The lowest BCUT2D eigenvalue weighted by Gasteiger charge is -2.09. The van der Waals surface area contributed by atoms with Gasteiger partial charge in [-0.2, -0.15) is 10.4 Å². The molecule has 0 spiro atoms. The number of anilines is 1. The Morgan fingerprint density at radius 2 is 1.97 bits per heavy atom. The Hall–Kier alpha value is -3.00. The number of carbonyl (C=O) groups is 1. The topological polar surface area (TPSA) is 83.1 Å². The smallest absolute Gasteiger partial charge is 0.280 e. The van der Waals surface area contributed by atoms with Crippen molar-refractivity contribution in [1.82, 2.24) is 14.6 Å². The summed E-state index contributed by atoms with van der Waals surface area (Å²) in [6.07, 6.45) is -2.56. The van der Waals surface area contributed by atoms with E-state index in [4.69, 9.17) is 0 Å². The normalized spacial score (nSPS) is 13.7. The average molecular weight is 423 g/mol. The van der Waals surface area contributed by atoms with E-state index in [0.29, 0.717) is 21.1 Å². The molecular weight excluding hydrogens is 410 g/mol. The van der Waals surface area contributed by atoms with Crippen LogP contribution in [-0.2, 0) is 12.8 Å². The summed E-state index contributed by atoms with van der Waals surface area (Å²) >= 11 is 1.31. The van der Waals surface area contributed by atoms with E-state index >= 15 is 0 Å². The van der Waals surface area contributed by atoms with Crippen molar-refractivity contribution in [2.45, 2.75) is 38.5 Å². The van der Waals surface area contributed by atoms with Crippen LogP contribution in [0.4, 0.5) is 22.6 Å². The number of rotatable bonds is 4. The summed E-state index contributed by atoms with van der Waals surface area (Å²) in [5.41, 5.74) is -0.827. The van der Waals surface area contributed by atoms with E-state index in [2.05, 4.69) is 21.5 Å². The van der Waals surface area contributed by atoms with Gasteiger partial charge >= 0.3 is 0 Å². The number of nitrogens with zero attached hydrogens (tertiary/aromatic N) is 4. The number of aromatic nitrogens is 3. The first-order valence-electron chi connectivity index (χ1n) is 8.72. The molecule has 3 aromatic rings. The van der Waals surface area contributed by atoms with Gasteiger partial charge in [-0.05, 0) is 37.3 Å². The lowest BCUT2D eigenvalue weighted by Crippen LogP contribution is -2.13. The Morgan fingerprint density at radius 3 is 2.66 bits per heavy atom. The van der Waals surface area contributed by atoms with E-state index in [-0.39, 0.29) is 11.3 Å². The molecule has 0 unspecified atom stereocenters. The van der Waals surface area contributed by atoms with Gasteiger partial charge < -0.3 is 5.32 Å². The molecule has 3 aromatic heterocycles. The van der Waals surface area contributed by atoms with E-state index in [1.54, 1.807) is 0 Å². The third-order valence-electron chi connectivity index (χ3n) is 4.66. The molecule has 3 heterocycles. The zero-order valence-electron chi connectivity index (χ0n) is 14.8.